The van der Waals surface area contributed by atoms with Gasteiger partial charge in [0.15, 0.2) is 0 Å². The highest BCUT2D eigenvalue weighted by atomic mass is 32.2. The molecule has 5 nitrogen and oxygen atoms in total. The fourth-order valence-corrected chi connectivity index (χ4v) is 3.98. The molecule has 1 fully saturated rings. The minimum absolute atomic E-state index is 0.0353. The summed E-state index contributed by atoms with van der Waals surface area (Å²) in [6.45, 7) is 4.15. The minimum Gasteiger partial charge on any atom is -0.395 e. The smallest absolute Gasteiger partial charge is 0.243 e. The summed E-state index contributed by atoms with van der Waals surface area (Å²) >= 11 is 0. The molecule has 0 amide bonds. The van der Waals surface area contributed by atoms with Gasteiger partial charge in [-0.15, -0.1) is 0 Å². The van der Waals surface area contributed by atoms with Crippen molar-refractivity contribution in [3.05, 3.63) is 29.6 Å². The van der Waals surface area contributed by atoms with Crippen molar-refractivity contribution < 1.29 is 17.9 Å². The molecule has 0 unspecified atom stereocenters. The molecule has 1 aliphatic rings. The third kappa shape index (κ3) is 3.17. The van der Waals surface area contributed by atoms with Gasteiger partial charge in [-0.25, -0.2) is 12.8 Å². The van der Waals surface area contributed by atoms with Gasteiger partial charge in [0.25, 0.3) is 0 Å². The second kappa shape index (κ2) is 6.17. The molecule has 1 heterocycles. The molecule has 0 saturated carbocycles. The molecule has 1 saturated heterocycles. The number of hydrogen-bond donors (Lipinski definition) is 1. The van der Waals surface area contributed by atoms with Gasteiger partial charge in [-0.05, 0) is 24.6 Å². The van der Waals surface area contributed by atoms with E-state index in [1.165, 1.54) is 16.4 Å². The number of β-amino-alcohol motifs (C(OH)–C–C–N with tert-alkyl or cyclic N) is 1. The Morgan fingerprint density at radius 3 is 2.50 bits per heavy atom. The van der Waals surface area contributed by atoms with Crippen LogP contribution < -0.4 is 0 Å². The van der Waals surface area contributed by atoms with Crippen LogP contribution >= 0.6 is 0 Å². The van der Waals surface area contributed by atoms with Crippen LogP contribution in [0.5, 0.6) is 0 Å². The van der Waals surface area contributed by atoms with Crippen molar-refractivity contribution in [1.29, 1.82) is 0 Å². The average molecular weight is 302 g/mol. The van der Waals surface area contributed by atoms with E-state index in [1.807, 2.05) is 4.90 Å². The summed E-state index contributed by atoms with van der Waals surface area (Å²) < 4.78 is 39.7. The van der Waals surface area contributed by atoms with Crippen LogP contribution in [0.3, 0.4) is 0 Å². The molecule has 0 radical (unpaired) electrons. The van der Waals surface area contributed by atoms with Gasteiger partial charge in [0, 0.05) is 32.7 Å². The number of aliphatic hydroxyl groups excluding tert-OH is 1. The molecule has 1 aromatic rings. The van der Waals surface area contributed by atoms with Gasteiger partial charge in [0.05, 0.1) is 11.5 Å². The van der Waals surface area contributed by atoms with Crippen LogP contribution in [0.25, 0.3) is 0 Å². The Morgan fingerprint density at radius 1 is 1.25 bits per heavy atom. The van der Waals surface area contributed by atoms with Gasteiger partial charge >= 0.3 is 0 Å². The highest BCUT2D eigenvalue weighted by Gasteiger charge is 2.29. The number of aliphatic hydroxyl groups is 1. The van der Waals surface area contributed by atoms with E-state index in [-0.39, 0.29) is 11.5 Å². The monoisotopic (exact) mass is 302 g/mol. The quantitative estimate of drug-likeness (QED) is 0.876. The van der Waals surface area contributed by atoms with Crippen molar-refractivity contribution in [2.75, 3.05) is 39.3 Å². The van der Waals surface area contributed by atoms with Crippen LogP contribution in [0.4, 0.5) is 4.39 Å². The van der Waals surface area contributed by atoms with E-state index in [4.69, 9.17) is 5.11 Å². The number of aryl methyl sites for hydroxylation is 1. The Labute approximate surface area is 118 Å². The largest absolute Gasteiger partial charge is 0.395 e. The molecule has 112 valence electrons. The highest BCUT2D eigenvalue weighted by molar-refractivity contribution is 7.89. The fourth-order valence-electron chi connectivity index (χ4n) is 2.33. The second-order valence-electron chi connectivity index (χ2n) is 4.88. The zero-order chi connectivity index (χ0) is 14.8. The second-order valence-corrected chi connectivity index (χ2v) is 6.79. The normalized spacial score (nSPS) is 18.4. The third-order valence-corrected chi connectivity index (χ3v) is 5.56. The third-order valence-electron chi connectivity index (χ3n) is 3.52. The summed E-state index contributed by atoms with van der Waals surface area (Å²) in [5, 5.41) is 8.87. The maximum Gasteiger partial charge on any atom is 0.243 e. The number of sulfonamides is 1. The number of rotatable bonds is 4. The Morgan fingerprint density at radius 2 is 1.90 bits per heavy atom. The van der Waals surface area contributed by atoms with E-state index in [2.05, 4.69) is 0 Å². The SMILES string of the molecule is Cc1ccc(F)cc1S(=O)(=O)N1CCN(CCO)CC1. The predicted molar refractivity (Wildman–Crippen MR) is 73.4 cm³/mol. The summed E-state index contributed by atoms with van der Waals surface area (Å²) in [6.07, 6.45) is 0. The molecular weight excluding hydrogens is 283 g/mol. The van der Waals surface area contributed by atoms with Crippen molar-refractivity contribution in [2.45, 2.75) is 11.8 Å². The lowest BCUT2D eigenvalue weighted by Crippen LogP contribution is -2.49. The van der Waals surface area contributed by atoms with E-state index >= 15 is 0 Å². The molecule has 0 aliphatic carbocycles. The van der Waals surface area contributed by atoms with E-state index in [0.29, 0.717) is 38.3 Å². The van der Waals surface area contributed by atoms with E-state index in [1.54, 1.807) is 6.92 Å². The molecule has 0 atom stereocenters. The number of piperazine rings is 1. The molecule has 0 bridgehead atoms. The Bertz CT molecular complexity index is 569. The number of benzene rings is 1. The molecule has 1 aromatic carbocycles. The highest BCUT2D eigenvalue weighted by Crippen LogP contribution is 2.22. The van der Waals surface area contributed by atoms with Crippen molar-refractivity contribution in [1.82, 2.24) is 9.21 Å². The first kappa shape index (κ1) is 15.4. The maximum absolute atomic E-state index is 13.3. The summed E-state index contributed by atoms with van der Waals surface area (Å²) in [5.41, 5.74) is 0.546. The zero-order valence-corrected chi connectivity index (χ0v) is 12.2. The van der Waals surface area contributed by atoms with Crippen LogP contribution in [0, 0.1) is 12.7 Å². The predicted octanol–water partition coefficient (Wildman–Crippen LogP) is 0.433. The average Bonchev–Trinajstić information content (AvgIpc) is 2.42. The summed E-state index contributed by atoms with van der Waals surface area (Å²) in [5.74, 6) is -0.548. The van der Waals surface area contributed by atoms with Gasteiger partial charge in [0.1, 0.15) is 5.82 Å². The lowest BCUT2D eigenvalue weighted by Gasteiger charge is -2.33. The van der Waals surface area contributed by atoms with Gasteiger partial charge in [0.2, 0.25) is 10.0 Å². The first-order valence-corrected chi connectivity index (χ1v) is 7.98. The Hall–Kier alpha value is -1.02. The molecule has 0 aromatic heterocycles. The Balaban J connectivity index is 2.18. The van der Waals surface area contributed by atoms with Crippen LogP contribution in [0.15, 0.2) is 23.1 Å². The van der Waals surface area contributed by atoms with Crippen molar-refractivity contribution >= 4 is 10.0 Å². The first-order valence-electron chi connectivity index (χ1n) is 6.54. The lowest BCUT2D eigenvalue weighted by molar-refractivity contribution is 0.151. The zero-order valence-electron chi connectivity index (χ0n) is 11.4. The molecule has 1 N–H and O–H groups in total. The van der Waals surface area contributed by atoms with E-state index in [0.717, 1.165) is 6.07 Å². The first-order chi connectivity index (χ1) is 9.45. The fraction of sp³-hybridized carbons (Fsp3) is 0.538. The standard InChI is InChI=1S/C13H19FN2O3S/c1-11-2-3-12(14)10-13(11)20(18,19)16-6-4-15(5-7-16)8-9-17/h2-3,10,17H,4-9H2,1H3. The van der Waals surface area contributed by atoms with E-state index < -0.39 is 15.8 Å². The molecule has 7 heteroatoms. The summed E-state index contributed by atoms with van der Waals surface area (Å²) in [4.78, 5) is 2.04. The topological polar surface area (TPSA) is 60.9 Å². The van der Waals surface area contributed by atoms with Gasteiger partial charge < -0.3 is 5.11 Å². The minimum atomic E-state index is -3.65. The van der Waals surface area contributed by atoms with Crippen LogP contribution in [-0.2, 0) is 10.0 Å². The van der Waals surface area contributed by atoms with E-state index in [9.17, 15) is 12.8 Å². The number of nitrogens with zero attached hydrogens (tertiary/aromatic N) is 2. The summed E-state index contributed by atoms with van der Waals surface area (Å²) in [6, 6.07) is 3.81. The number of hydrogen-bond acceptors (Lipinski definition) is 4. The van der Waals surface area contributed by atoms with Crippen molar-refractivity contribution in [2.24, 2.45) is 0 Å². The van der Waals surface area contributed by atoms with Crippen molar-refractivity contribution in [3.63, 3.8) is 0 Å². The lowest BCUT2D eigenvalue weighted by atomic mass is 10.2. The van der Waals surface area contributed by atoms with Gasteiger partial charge in [-0.3, -0.25) is 4.90 Å². The molecule has 1 aliphatic heterocycles. The Kier molecular flexibility index (Phi) is 4.74. The molecular formula is C13H19FN2O3S. The van der Waals surface area contributed by atoms with Gasteiger partial charge in [-0.1, -0.05) is 6.07 Å². The molecule has 0 spiro atoms. The molecule has 2 rings (SSSR count). The van der Waals surface area contributed by atoms with Crippen LogP contribution in [-0.4, -0.2) is 62.1 Å². The molecule has 20 heavy (non-hydrogen) atoms. The maximum atomic E-state index is 13.3. The summed E-state index contributed by atoms with van der Waals surface area (Å²) in [7, 11) is -3.65. The van der Waals surface area contributed by atoms with Crippen LogP contribution in [0.2, 0.25) is 0 Å². The van der Waals surface area contributed by atoms with Crippen LogP contribution in [0.1, 0.15) is 5.56 Å². The number of halogens is 1. The van der Waals surface area contributed by atoms with Crippen molar-refractivity contribution in [3.8, 4) is 0 Å². The van der Waals surface area contributed by atoms with Gasteiger partial charge in [-0.2, -0.15) is 4.31 Å².